The molecule has 5 heteroatoms. The van der Waals surface area contributed by atoms with E-state index in [9.17, 15) is 9.59 Å². The van der Waals surface area contributed by atoms with Crippen molar-refractivity contribution < 1.29 is 14.3 Å². The molecule has 0 aromatic heterocycles. The molecule has 2 rings (SSSR count). The maximum Gasteiger partial charge on any atom is 0.221 e. The predicted molar refractivity (Wildman–Crippen MR) is 103 cm³/mol. The lowest BCUT2D eigenvalue weighted by Gasteiger charge is -2.20. The van der Waals surface area contributed by atoms with Crippen LogP contribution in [-0.4, -0.2) is 25.0 Å². The number of benzene rings is 1. The van der Waals surface area contributed by atoms with E-state index in [1.165, 1.54) is 39.0 Å². The SMILES string of the molecule is CC(=O)Nc1cccc(OCC#CCNC(=O)CCC2CCCCC2)c1. The summed E-state index contributed by atoms with van der Waals surface area (Å²) in [5.74, 6) is 7.09. The standard InChI is InChI=1S/C21H28N2O3/c1-17(24)23-19-10-7-11-20(16-19)26-15-6-5-14-22-21(25)13-12-18-8-3-2-4-9-18/h7,10-11,16,18H,2-4,8-9,12-15H2,1H3,(H,22,25)(H,23,24). The summed E-state index contributed by atoms with van der Waals surface area (Å²) in [5.41, 5.74) is 0.688. The highest BCUT2D eigenvalue weighted by molar-refractivity contribution is 5.88. The Morgan fingerprint density at radius 3 is 2.77 bits per heavy atom. The van der Waals surface area contributed by atoms with E-state index < -0.39 is 0 Å². The van der Waals surface area contributed by atoms with Gasteiger partial charge in [-0.25, -0.2) is 0 Å². The minimum Gasteiger partial charge on any atom is -0.481 e. The van der Waals surface area contributed by atoms with Gasteiger partial charge in [0.2, 0.25) is 11.8 Å². The quantitative estimate of drug-likeness (QED) is 0.735. The second kappa shape index (κ2) is 11.2. The van der Waals surface area contributed by atoms with E-state index in [0.717, 1.165) is 12.3 Å². The van der Waals surface area contributed by atoms with Crippen molar-refractivity contribution in [3.63, 3.8) is 0 Å². The Morgan fingerprint density at radius 1 is 1.19 bits per heavy atom. The predicted octanol–water partition coefficient (Wildman–Crippen LogP) is 3.50. The maximum absolute atomic E-state index is 11.8. The molecule has 1 fully saturated rings. The normalized spacial score (nSPS) is 14.0. The summed E-state index contributed by atoms with van der Waals surface area (Å²) in [4.78, 5) is 22.9. The number of carbonyl (C=O) groups is 2. The van der Waals surface area contributed by atoms with Gasteiger partial charge in [0, 0.05) is 25.1 Å². The first-order valence-corrected chi connectivity index (χ1v) is 9.36. The number of rotatable bonds is 7. The molecule has 0 radical (unpaired) electrons. The Labute approximate surface area is 155 Å². The van der Waals surface area contributed by atoms with Crippen LogP contribution in [0.4, 0.5) is 5.69 Å². The molecular formula is C21H28N2O3. The smallest absolute Gasteiger partial charge is 0.221 e. The molecule has 0 atom stereocenters. The van der Waals surface area contributed by atoms with Gasteiger partial charge in [-0.05, 0) is 24.5 Å². The number of nitrogens with one attached hydrogen (secondary N) is 2. The molecule has 0 spiro atoms. The van der Waals surface area contributed by atoms with Crippen molar-refractivity contribution in [3.05, 3.63) is 24.3 Å². The minimum absolute atomic E-state index is 0.0776. The average Bonchev–Trinajstić information content (AvgIpc) is 2.63. The third-order valence-corrected chi connectivity index (χ3v) is 4.47. The topological polar surface area (TPSA) is 67.4 Å². The van der Waals surface area contributed by atoms with Crippen molar-refractivity contribution in [2.75, 3.05) is 18.5 Å². The monoisotopic (exact) mass is 356 g/mol. The minimum atomic E-state index is -0.124. The van der Waals surface area contributed by atoms with Crippen LogP contribution in [0.3, 0.4) is 0 Å². The molecule has 0 heterocycles. The first kappa shape index (κ1) is 19.8. The Morgan fingerprint density at radius 2 is 2.00 bits per heavy atom. The Balaban J connectivity index is 1.59. The second-order valence-electron chi connectivity index (χ2n) is 6.67. The fourth-order valence-corrected chi connectivity index (χ4v) is 3.14. The van der Waals surface area contributed by atoms with Gasteiger partial charge in [-0.2, -0.15) is 0 Å². The van der Waals surface area contributed by atoms with Gasteiger partial charge in [-0.15, -0.1) is 0 Å². The molecule has 1 aliphatic rings. The van der Waals surface area contributed by atoms with Crippen molar-refractivity contribution in [2.24, 2.45) is 5.92 Å². The highest BCUT2D eigenvalue weighted by atomic mass is 16.5. The Kier molecular flexibility index (Phi) is 8.54. The summed E-state index contributed by atoms with van der Waals surface area (Å²) in [5, 5.41) is 5.54. The number of ether oxygens (including phenoxy) is 1. The fourth-order valence-electron chi connectivity index (χ4n) is 3.14. The summed E-state index contributed by atoms with van der Waals surface area (Å²) < 4.78 is 5.52. The lowest BCUT2D eigenvalue weighted by Crippen LogP contribution is -2.24. The number of anilines is 1. The number of carbonyl (C=O) groups excluding carboxylic acids is 2. The molecule has 1 aromatic rings. The Hall–Kier alpha value is -2.48. The molecule has 1 aromatic carbocycles. The second-order valence-corrected chi connectivity index (χ2v) is 6.67. The van der Waals surface area contributed by atoms with E-state index >= 15 is 0 Å². The lowest BCUT2D eigenvalue weighted by atomic mass is 9.86. The number of hydrogen-bond donors (Lipinski definition) is 2. The van der Waals surface area contributed by atoms with Crippen LogP contribution < -0.4 is 15.4 Å². The van der Waals surface area contributed by atoms with Crippen molar-refractivity contribution in [1.29, 1.82) is 0 Å². The molecule has 26 heavy (non-hydrogen) atoms. The van der Waals surface area contributed by atoms with Crippen LogP contribution in [-0.2, 0) is 9.59 Å². The van der Waals surface area contributed by atoms with Crippen molar-refractivity contribution >= 4 is 17.5 Å². The van der Waals surface area contributed by atoms with Crippen LogP contribution in [0.25, 0.3) is 0 Å². The highest BCUT2D eigenvalue weighted by Gasteiger charge is 2.14. The van der Waals surface area contributed by atoms with Crippen molar-refractivity contribution in [2.45, 2.75) is 51.9 Å². The van der Waals surface area contributed by atoms with Crippen LogP contribution in [0.15, 0.2) is 24.3 Å². The van der Waals surface area contributed by atoms with Crippen molar-refractivity contribution in [1.82, 2.24) is 5.32 Å². The first-order valence-electron chi connectivity index (χ1n) is 9.36. The molecule has 140 valence electrons. The molecule has 2 N–H and O–H groups in total. The van der Waals surface area contributed by atoms with E-state index in [2.05, 4.69) is 22.5 Å². The van der Waals surface area contributed by atoms with E-state index in [1.807, 2.05) is 0 Å². The number of hydrogen-bond acceptors (Lipinski definition) is 3. The van der Waals surface area contributed by atoms with Gasteiger partial charge in [0.05, 0.1) is 6.54 Å². The molecule has 0 bridgehead atoms. The van der Waals surface area contributed by atoms with Gasteiger partial charge in [0.25, 0.3) is 0 Å². The van der Waals surface area contributed by atoms with Crippen LogP contribution in [0.2, 0.25) is 0 Å². The van der Waals surface area contributed by atoms with Gasteiger partial charge in [0.15, 0.2) is 0 Å². The zero-order chi connectivity index (χ0) is 18.6. The van der Waals surface area contributed by atoms with Crippen LogP contribution in [0.1, 0.15) is 51.9 Å². The maximum atomic E-state index is 11.8. The van der Waals surface area contributed by atoms with Crippen LogP contribution in [0.5, 0.6) is 5.75 Å². The first-order chi connectivity index (χ1) is 12.6. The molecule has 1 aliphatic carbocycles. The summed E-state index contributed by atoms with van der Waals surface area (Å²) in [7, 11) is 0. The van der Waals surface area contributed by atoms with Gasteiger partial charge < -0.3 is 15.4 Å². The van der Waals surface area contributed by atoms with Crippen LogP contribution >= 0.6 is 0 Å². The van der Waals surface area contributed by atoms with Gasteiger partial charge in [-0.3, -0.25) is 9.59 Å². The van der Waals surface area contributed by atoms with E-state index in [1.54, 1.807) is 24.3 Å². The number of amides is 2. The molecule has 0 unspecified atom stereocenters. The summed E-state index contributed by atoms with van der Waals surface area (Å²) >= 11 is 0. The zero-order valence-electron chi connectivity index (χ0n) is 15.5. The molecular weight excluding hydrogens is 328 g/mol. The molecule has 5 nitrogen and oxygen atoms in total. The molecule has 2 amide bonds. The molecule has 1 saturated carbocycles. The summed E-state index contributed by atoms with van der Waals surface area (Å²) in [6, 6.07) is 7.15. The van der Waals surface area contributed by atoms with Crippen molar-refractivity contribution in [3.8, 4) is 17.6 Å². The Bertz CT molecular complexity index is 655. The fraction of sp³-hybridized carbons (Fsp3) is 0.524. The lowest BCUT2D eigenvalue weighted by molar-refractivity contribution is -0.121. The summed E-state index contributed by atoms with van der Waals surface area (Å²) in [6.45, 7) is 2.04. The molecule has 0 saturated heterocycles. The third-order valence-electron chi connectivity index (χ3n) is 4.47. The molecule has 0 aliphatic heterocycles. The van der Waals surface area contributed by atoms with Gasteiger partial charge in [0.1, 0.15) is 12.4 Å². The van der Waals surface area contributed by atoms with E-state index in [0.29, 0.717) is 24.4 Å². The average molecular weight is 356 g/mol. The van der Waals surface area contributed by atoms with Gasteiger partial charge >= 0.3 is 0 Å². The summed E-state index contributed by atoms with van der Waals surface area (Å²) in [6.07, 6.45) is 8.10. The van der Waals surface area contributed by atoms with E-state index in [-0.39, 0.29) is 18.4 Å². The zero-order valence-corrected chi connectivity index (χ0v) is 15.5. The van der Waals surface area contributed by atoms with E-state index in [4.69, 9.17) is 4.74 Å². The highest BCUT2D eigenvalue weighted by Crippen LogP contribution is 2.27. The largest absolute Gasteiger partial charge is 0.481 e. The van der Waals surface area contributed by atoms with Crippen LogP contribution in [0, 0.1) is 17.8 Å². The third kappa shape index (κ3) is 8.06. The van der Waals surface area contributed by atoms with Gasteiger partial charge in [-0.1, -0.05) is 50.0 Å².